The second-order valence-electron chi connectivity index (χ2n) is 6.81. The van der Waals surface area contributed by atoms with Crippen LogP contribution in [0.4, 0.5) is 8.78 Å². The number of aromatic nitrogens is 4. The van der Waals surface area contributed by atoms with Crippen LogP contribution in [-0.2, 0) is 26.5 Å². The summed E-state index contributed by atoms with van der Waals surface area (Å²) in [7, 11) is 0. The van der Waals surface area contributed by atoms with E-state index in [1.807, 2.05) is 56.4 Å². The van der Waals surface area contributed by atoms with E-state index in [-0.39, 0.29) is 26.6 Å². The normalized spacial score (nSPS) is 11.2. The van der Waals surface area contributed by atoms with E-state index < -0.39 is 17.3 Å². The van der Waals surface area contributed by atoms with E-state index >= 15 is 0 Å². The summed E-state index contributed by atoms with van der Waals surface area (Å²) >= 11 is 0. The summed E-state index contributed by atoms with van der Waals surface area (Å²) in [5, 5.41) is 0. The molecule has 0 saturated carbocycles. The van der Waals surface area contributed by atoms with Crippen molar-refractivity contribution in [2.45, 2.75) is 19.3 Å². The van der Waals surface area contributed by atoms with Crippen molar-refractivity contribution in [2.75, 3.05) is 0 Å². The Balaban J connectivity index is 0.00000240. The first kappa shape index (κ1) is 21.0. The van der Waals surface area contributed by atoms with Gasteiger partial charge in [-0.3, -0.25) is 9.97 Å². The zero-order chi connectivity index (χ0) is 19.7. The van der Waals surface area contributed by atoms with Crippen LogP contribution in [-0.4, -0.2) is 19.5 Å². The fourth-order valence-electron chi connectivity index (χ4n) is 2.95. The Labute approximate surface area is 181 Å². The van der Waals surface area contributed by atoms with Gasteiger partial charge in [0.1, 0.15) is 11.9 Å². The van der Waals surface area contributed by atoms with Crippen molar-refractivity contribution < 1.29 is 29.8 Å². The topological polar surface area (TPSA) is 43.6 Å². The van der Waals surface area contributed by atoms with E-state index in [4.69, 9.17) is 4.98 Å². The number of hydrogen-bond donors (Lipinski definition) is 0. The summed E-state index contributed by atoms with van der Waals surface area (Å²) in [6, 6.07) is 18.3. The molecule has 29 heavy (non-hydrogen) atoms. The Kier molecular flexibility index (Phi) is 6.04. The standard InChI is InChI=1S/C22H16F2N4.Pt/c1-22(2,18-9-6-10-20(26-18)28-13-3-4-14-28)17-8-5-7-16(25-17)15-11-12-19(23)27-21(15)24;/h3-10,12-13H,1-2H3;/q-2;+2. The van der Waals surface area contributed by atoms with E-state index in [1.54, 1.807) is 16.7 Å². The Bertz CT molecular complexity index is 1130. The van der Waals surface area contributed by atoms with Crippen molar-refractivity contribution in [3.05, 3.63) is 96.3 Å². The first-order valence-corrected chi connectivity index (χ1v) is 8.70. The monoisotopic (exact) mass is 569 g/mol. The molecule has 4 nitrogen and oxygen atoms in total. The summed E-state index contributed by atoms with van der Waals surface area (Å²) in [6.45, 7) is 3.99. The Morgan fingerprint density at radius 3 is 2.34 bits per heavy atom. The van der Waals surface area contributed by atoms with E-state index in [9.17, 15) is 8.78 Å². The molecular formula is C22H16F2N4Pt. The number of nitrogens with zero attached hydrogens (tertiary/aromatic N) is 4. The fraction of sp³-hybridized carbons (Fsp3) is 0.136. The van der Waals surface area contributed by atoms with Gasteiger partial charge in [-0.05, 0) is 31.7 Å². The van der Waals surface area contributed by atoms with E-state index in [0.717, 1.165) is 17.6 Å². The Morgan fingerprint density at radius 1 is 0.931 bits per heavy atom. The zero-order valence-electron chi connectivity index (χ0n) is 15.6. The minimum atomic E-state index is -0.939. The van der Waals surface area contributed by atoms with Gasteiger partial charge < -0.3 is 9.55 Å². The van der Waals surface area contributed by atoms with Crippen molar-refractivity contribution in [3.8, 4) is 17.1 Å². The average molecular weight is 569 g/mol. The molecule has 0 N–H and O–H groups in total. The van der Waals surface area contributed by atoms with Crippen LogP contribution in [0.3, 0.4) is 0 Å². The van der Waals surface area contributed by atoms with Gasteiger partial charge in [0.2, 0.25) is 0 Å². The second-order valence-corrected chi connectivity index (χ2v) is 6.81. The summed E-state index contributed by atoms with van der Waals surface area (Å²) in [5.41, 5.74) is 1.32. The minimum absolute atomic E-state index is 0. The van der Waals surface area contributed by atoms with Gasteiger partial charge in [-0.1, -0.05) is 42.1 Å². The molecule has 0 fully saturated rings. The van der Waals surface area contributed by atoms with Crippen LogP contribution in [0.25, 0.3) is 17.1 Å². The maximum absolute atomic E-state index is 14.1. The second kappa shape index (κ2) is 8.34. The number of hydrogen-bond acceptors (Lipinski definition) is 3. The van der Waals surface area contributed by atoms with Crippen LogP contribution < -0.4 is 0 Å². The number of halogens is 2. The van der Waals surface area contributed by atoms with Crippen molar-refractivity contribution >= 4 is 0 Å². The summed E-state index contributed by atoms with van der Waals surface area (Å²) in [4.78, 5) is 12.5. The molecule has 4 heterocycles. The Morgan fingerprint density at radius 2 is 1.66 bits per heavy atom. The molecule has 0 aromatic carbocycles. The SMILES string of the molecule is CC(C)(c1cccc(-c2[c-]cc(F)nc2F)n1)c1cccc(-n2[c-]ccc2)n1.[Pt+2]. The third-order valence-electron chi connectivity index (χ3n) is 4.56. The zero-order valence-corrected chi connectivity index (χ0v) is 17.9. The van der Waals surface area contributed by atoms with Crippen LogP contribution in [0.1, 0.15) is 25.2 Å². The fourth-order valence-corrected chi connectivity index (χ4v) is 2.95. The first-order chi connectivity index (χ1) is 13.4. The van der Waals surface area contributed by atoms with Gasteiger partial charge in [0.05, 0.1) is 5.82 Å². The van der Waals surface area contributed by atoms with Crippen LogP contribution in [0, 0.1) is 24.2 Å². The van der Waals surface area contributed by atoms with Crippen molar-refractivity contribution in [1.29, 1.82) is 0 Å². The largest absolute Gasteiger partial charge is 2.00 e. The van der Waals surface area contributed by atoms with Gasteiger partial charge in [0.15, 0.2) is 0 Å². The quantitative estimate of drug-likeness (QED) is 0.268. The first-order valence-electron chi connectivity index (χ1n) is 8.70. The van der Waals surface area contributed by atoms with Crippen LogP contribution >= 0.6 is 0 Å². The molecule has 4 aromatic heterocycles. The van der Waals surface area contributed by atoms with Crippen LogP contribution in [0.5, 0.6) is 0 Å². The van der Waals surface area contributed by atoms with Crippen LogP contribution in [0.15, 0.2) is 60.8 Å². The molecule has 0 atom stereocenters. The maximum atomic E-state index is 14.1. The molecule has 0 bridgehead atoms. The molecule has 0 saturated heterocycles. The molecule has 0 amide bonds. The average Bonchev–Trinajstić information content (AvgIpc) is 3.23. The third-order valence-corrected chi connectivity index (χ3v) is 4.56. The molecule has 0 aliphatic heterocycles. The predicted molar refractivity (Wildman–Crippen MR) is 101 cm³/mol. The smallest absolute Gasteiger partial charge is 0.436 e. The van der Waals surface area contributed by atoms with E-state index in [1.165, 1.54) is 0 Å². The van der Waals surface area contributed by atoms with Gasteiger partial charge in [-0.2, -0.15) is 6.07 Å². The molecule has 7 heteroatoms. The van der Waals surface area contributed by atoms with Gasteiger partial charge in [0, 0.05) is 16.8 Å². The molecule has 0 aliphatic rings. The van der Waals surface area contributed by atoms with E-state index in [0.29, 0.717) is 11.4 Å². The predicted octanol–water partition coefficient (Wildman–Crippen LogP) is 4.53. The summed E-state index contributed by atoms with van der Waals surface area (Å²) in [6.07, 6.45) is 4.94. The van der Waals surface area contributed by atoms with Crippen LogP contribution in [0.2, 0.25) is 0 Å². The van der Waals surface area contributed by atoms with E-state index in [2.05, 4.69) is 22.2 Å². The van der Waals surface area contributed by atoms with Gasteiger partial charge >= 0.3 is 21.1 Å². The Hall–Kier alpha value is -2.72. The molecular weight excluding hydrogens is 553 g/mol. The van der Waals surface area contributed by atoms with Gasteiger partial charge in [-0.25, -0.2) is 8.78 Å². The maximum Gasteiger partial charge on any atom is 2.00 e. The molecule has 0 aliphatic carbocycles. The molecule has 0 radical (unpaired) electrons. The van der Waals surface area contributed by atoms with Crippen molar-refractivity contribution in [2.24, 2.45) is 0 Å². The molecule has 4 aromatic rings. The summed E-state index contributed by atoms with van der Waals surface area (Å²) < 4.78 is 29.0. The van der Waals surface area contributed by atoms with Gasteiger partial charge in [-0.15, -0.1) is 18.3 Å². The molecule has 0 spiro atoms. The van der Waals surface area contributed by atoms with Gasteiger partial charge in [0.25, 0.3) is 0 Å². The minimum Gasteiger partial charge on any atom is -0.436 e. The molecule has 148 valence electrons. The number of rotatable bonds is 4. The summed E-state index contributed by atoms with van der Waals surface area (Å²) in [5.74, 6) is -1.11. The van der Waals surface area contributed by atoms with Crippen molar-refractivity contribution in [3.63, 3.8) is 0 Å². The van der Waals surface area contributed by atoms with Crippen molar-refractivity contribution in [1.82, 2.24) is 19.5 Å². The third kappa shape index (κ3) is 4.18. The number of pyridine rings is 3. The molecule has 4 rings (SSSR count). The molecule has 0 unspecified atom stereocenters.